The van der Waals surface area contributed by atoms with Crippen molar-refractivity contribution in [1.82, 2.24) is 15.1 Å². The number of hydrogen-bond acceptors (Lipinski definition) is 3. The van der Waals surface area contributed by atoms with Gasteiger partial charge in [0.05, 0.1) is 17.6 Å². The molecule has 2 N–H and O–H groups in total. The summed E-state index contributed by atoms with van der Waals surface area (Å²) in [6, 6.07) is 17.3. The lowest BCUT2D eigenvalue weighted by Gasteiger charge is -2.18. The van der Waals surface area contributed by atoms with Crippen molar-refractivity contribution in [1.29, 1.82) is 0 Å². The number of nitrogens with one attached hydrogen (secondary N) is 1. The zero-order valence-corrected chi connectivity index (χ0v) is 15.3. The van der Waals surface area contributed by atoms with Gasteiger partial charge in [-0.3, -0.25) is 14.3 Å². The molecule has 0 fully saturated rings. The predicted octanol–water partition coefficient (Wildman–Crippen LogP) is 2.71. The second-order valence-electron chi connectivity index (χ2n) is 6.65. The smallest absolute Gasteiger partial charge is 0.303 e. The van der Waals surface area contributed by atoms with E-state index < -0.39 is 5.97 Å². The molecular formula is C21H23N3O3. The Morgan fingerprint density at radius 2 is 1.81 bits per heavy atom. The summed E-state index contributed by atoms with van der Waals surface area (Å²) in [6.07, 6.45) is 1.17. The maximum atomic E-state index is 12.6. The van der Waals surface area contributed by atoms with E-state index in [1.165, 1.54) is 0 Å². The molecule has 0 spiro atoms. The highest BCUT2D eigenvalue weighted by molar-refractivity contribution is 5.87. The van der Waals surface area contributed by atoms with Crippen molar-refractivity contribution < 1.29 is 14.7 Å². The van der Waals surface area contributed by atoms with E-state index in [0.29, 0.717) is 12.8 Å². The van der Waals surface area contributed by atoms with Gasteiger partial charge in [0.2, 0.25) is 5.91 Å². The molecule has 1 aromatic heterocycles. The number of carbonyl (C=O) groups is 2. The molecule has 1 atom stereocenters. The number of aromatic nitrogens is 2. The van der Waals surface area contributed by atoms with Crippen molar-refractivity contribution in [2.24, 2.45) is 7.05 Å². The topological polar surface area (TPSA) is 84.2 Å². The van der Waals surface area contributed by atoms with Crippen LogP contribution in [0.2, 0.25) is 0 Å². The number of amides is 1. The number of carbonyl (C=O) groups excluding carboxylic acids is 1. The van der Waals surface area contributed by atoms with Gasteiger partial charge in [0, 0.05) is 24.9 Å². The number of aryl methyl sites for hydroxylation is 1. The monoisotopic (exact) mass is 365 g/mol. The first-order valence-electron chi connectivity index (χ1n) is 8.98. The standard InChI is InChI=1S/C21H23N3O3/c1-24-19-10-6-5-9-17(19)18(23-24)14-20(25)22-16(11-12-21(26)27)13-15-7-3-2-4-8-15/h2-10,16H,11-14H2,1H3,(H,22,25)(H,26,27). The third-order valence-corrected chi connectivity index (χ3v) is 4.56. The van der Waals surface area contributed by atoms with E-state index in [0.717, 1.165) is 22.2 Å². The normalized spacial score (nSPS) is 12.0. The van der Waals surface area contributed by atoms with Gasteiger partial charge in [-0.25, -0.2) is 0 Å². The summed E-state index contributed by atoms with van der Waals surface area (Å²) >= 11 is 0. The second kappa shape index (κ2) is 8.49. The van der Waals surface area contributed by atoms with Crippen molar-refractivity contribution >= 4 is 22.8 Å². The van der Waals surface area contributed by atoms with E-state index >= 15 is 0 Å². The van der Waals surface area contributed by atoms with E-state index in [4.69, 9.17) is 5.11 Å². The maximum absolute atomic E-state index is 12.6. The summed E-state index contributed by atoms with van der Waals surface area (Å²) in [4.78, 5) is 23.6. The summed E-state index contributed by atoms with van der Waals surface area (Å²) in [7, 11) is 1.86. The van der Waals surface area contributed by atoms with Crippen molar-refractivity contribution in [3.8, 4) is 0 Å². The Balaban J connectivity index is 1.70. The molecule has 0 aliphatic carbocycles. The fraction of sp³-hybridized carbons (Fsp3) is 0.286. The lowest BCUT2D eigenvalue weighted by molar-refractivity contribution is -0.137. The molecule has 6 heteroatoms. The van der Waals surface area contributed by atoms with Crippen molar-refractivity contribution in [3.05, 3.63) is 65.9 Å². The van der Waals surface area contributed by atoms with Crippen LogP contribution in [0.5, 0.6) is 0 Å². The van der Waals surface area contributed by atoms with Crippen molar-refractivity contribution in [3.63, 3.8) is 0 Å². The van der Waals surface area contributed by atoms with E-state index in [-0.39, 0.29) is 24.8 Å². The number of aliphatic carboxylic acids is 1. The van der Waals surface area contributed by atoms with Gasteiger partial charge in [-0.2, -0.15) is 5.10 Å². The lowest BCUT2D eigenvalue weighted by Crippen LogP contribution is -2.38. The van der Waals surface area contributed by atoms with Crippen LogP contribution in [0, 0.1) is 0 Å². The van der Waals surface area contributed by atoms with Crippen LogP contribution in [0.15, 0.2) is 54.6 Å². The Kier molecular flexibility index (Phi) is 5.86. The van der Waals surface area contributed by atoms with Gasteiger partial charge >= 0.3 is 5.97 Å². The summed E-state index contributed by atoms with van der Waals surface area (Å²) in [6.45, 7) is 0. The van der Waals surface area contributed by atoms with Crippen LogP contribution in [0.4, 0.5) is 0 Å². The Morgan fingerprint density at radius 3 is 2.56 bits per heavy atom. The number of nitrogens with zero attached hydrogens (tertiary/aromatic N) is 2. The van der Waals surface area contributed by atoms with Gasteiger partial charge in [0.25, 0.3) is 0 Å². The first kappa shape index (κ1) is 18.6. The molecule has 0 saturated carbocycles. The van der Waals surface area contributed by atoms with E-state index in [2.05, 4.69) is 10.4 Å². The molecule has 0 bridgehead atoms. The number of benzene rings is 2. The molecule has 1 heterocycles. The SMILES string of the molecule is Cn1nc(CC(=O)NC(CCC(=O)O)Cc2ccccc2)c2ccccc21. The van der Waals surface area contributed by atoms with Gasteiger partial charge in [-0.15, -0.1) is 0 Å². The minimum absolute atomic E-state index is 0.0182. The highest BCUT2D eigenvalue weighted by atomic mass is 16.4. The van der Waals surface area contributed by atoms with Gasteiger partial charge in [-0.1, -0.05) is 48.5 Å². The van der Waals surface area contributed by atoms with Crippen LogP contribution in [-0.4, -0.2) is 32.8 Å². The van der Waals surface area contributed by atoms with E-state index in [1.807, 2.05) is 61.6 Å². The van der Waals surface area contributed by atoms with Crippen LogP contribution >= 0.6 is 0 Å². The van der Waals surface area contributed by atoms with Crippen LogP contribution in [0.1, 0.15) is 24.1 Å². The summed E-state index contributed by atoms with van der Waals surface area (Å²) in [5, 5.41) is 17.4. The molecule has 6 nitrogen and oxygen atoms in total. The fourth-order valence-corrected chi connectivity index (χ4v) is 3.27. The Morgan fingerprint density at radius 1 is 1.11 bits per heavy atom. The first-order chi connectivity index (χ1) is 13.0. The number of hydrogen-bond donors (Lipinski definition) is 2. The van der Waals surface area contributed by atoms with Gasteiger partial charge in [0.1, 0.15) is 0 Å². The molecule has 0 radical (unpaired) electrons. The zero-order valence-electron chi connectivity index (χ0n) is 15.3. The Labute approximate surface area is 157 Å². The molecule has 3 aromatic rings. The van der Waals surface area contributed by atoms with E-state index in [1.54, 1.807) is 4.68 Å². The summed E-state index contributed by atoms with van der Waals surface area (Å²) in [5.41, 5.74) is 2.77. The summed E-state index contributed by atoms with van der Waals surface area (Å²) < 4.78 is 1.77. The third-order valence-electron chi connectivity index (χ3n) is 4.56. The first-order valence-corrected chi connectivity index (χ1v) is 8.98. The highest BCUT2D eigenvalue weighted by Crippen LogP contribution is 2.18. The van der Waals surface area contributed by atoms with E-state index in [9.17, 15) is 9.59 Å². The molecule has 0 aliphatic rings. The zero-order chi connectivity index (χ0) is 19.2. The second-order valence-corrected chi connectivity index (χ2v) is 6.65. The number of rotatable bonds is 8. The minimum Gasteiger partial charge on any atom is -0.481 e. The Hall–Kier alpha value is -3.15. The third kappa shape index (κ3) is 4.94. The molecule has 2 aromatic carbocycles. The van der Waals surface area contributed by atoms with Crippen LogP contribution in [0.3, 0.4) is 0 Å². The quantitative estimate of drug-likeness (QED) is 0.643. The average molecular weight is 365 g/mol. The molecule has 3 rings (SSSR count). The molecule has 0 aliphatic heterocycles. The van der Waals surface area contributed by atoms with Gasteiger partial charge < -0.3 is 10.4 Å². The summed E-state index contributed by atoms with van der Waals surface area (Å²) in [5.74, 6) is -1.01. The van der Waals surface area contributed by atoms with Gasteiger partial charge in [0.15, 0.2) is 0 Å². The van der Waals surface area contributed by atoms with Crippen LogP contribution < -0.4 is 5.32 Å². The Bertz CT molecular complexity index is 934. The van der Waals surface area contributed by atoms with Crippen molar-refractivity contribution in [2.45, 2.75) is 31.7 Å². The average Bonchev–Trinajstić information content (AvgIpc) is 2.96. The van der Waals surface area contributed by atoms with Gasteiger partial charge in [-0.05, 0) is 24.5 Å². The molecule has 27 heavy (non-hydrogen) atoms. The lowest BCUT2D eigenvalue weighted by atomic mass is 10.0. The largest absolute Gasteiger partial charge is 0.481 e. The number of carboxylic acid groups (broad SMARTS) is 1. The number of fused-ring (bicyclic) bond motifs is 1. The highest BCUT2D eigenvalue weighted by Gasteiger charge is 2.17. The molecular weight excluding hydrogens is 342 g/mol. The molecule has 140 valence electrons. The fourth-order valence-electron chi connectivity index (χ4n) is 3.27. The van der Waals surface area contributed by atoms with Crippen LogP contribution in [-0.2, 0) is 29.5 Å². The molecule has 1 unspecified atom stereocenters. The molecule has 1 amide bonds. The molecule has 0 saturated heterocycles. The minimum atomic E-state index is -0.863. The predicted molar refractivity (Wildman–Crippen MR) is 103 cm³/mol. The maximum Gasteiger partial charge on any atom is 0.303 e. The van der Waals surface area contributed by atoms with Crippen LogP contribution in [0.25, 0.3) is 10.9 Å². The van der Waals surface area contributed by atoms with Crippen molar-refractivity contribution in [2.75, 3.05) is 0 Å². The number of carboxylic acids is 1. The number of para-hydroxylation sites is 1.